The van der Waals surface area contributed by atoms with E-state index in [1.807, 2.05) is 0 Å². The highest BCUT2D eigenvalue weighted by Crippen LogP contribution is 2.29. The van der Waals surface area contributed by atoms with Crippen LogP contribution < -0.4 is 0 Å². The van der Waals surface area contributed by atoms with Crippen LogP contribution in [0.25, 0.3) is 11.1 Å². The highest BCUT2D eigenvalue weighted by Gasteiger charge is 2.18. The zero-order chi connectivity index (χ0) is 13.1. The van der Waals surface area contributed by atoms with Gasteiger partial charge in [-0.05, 0) is 11.6 Å². The van der Waals surface area contributed by atoms with Crippen molar-refractivity contribution in [1.29, 1.82) is 5.26 Å². The van der Waals surface area contributed by atoms with Gasteiger partial charge in [0.25, 0.3) is 5.69 Å². The fourth-order valence-electron chi connectivity index (χ4n) is 1.64. The van der Waals surface area contributed by atoms with Crippen LogP contribution in [0.4, 0.5) is 10.1 Å². The maximum atomic E-state index is 13.8. The first-order chi connectivity index (χ1) is 8.63. The lowest BCUT2D eigenvalue weighted by Crippen LogP contribution is -1.95. The molecule has 18 heavy (non-hydrogen) atoms. The first-order valence-electron chi connectivity index (χ1n) is 5.07. The van der Waals surface area contributed by atoms with E-state index < -0.39 is 16.4 Å². The number of rotatable bonds is 2. The molecule has 0 amide bonds. The van der Waals surface area contributed by atoms with Gasteiger partial charge in [0.2, 0.25) is 0 Å². The van der Waals surface area contributed by atoms with Crippen LogP contribution in [-0.4, -0.2) is 4.92 Å². The summed E-state index contributed by atoms with van der Waals surface area (Å²) in [5, 5.41) is 19.5. The molecule has 2 aromatic rings. The van der Waals surface area contributed by atoms with Gasteiger partial charge in [-0.1, -0.05) is 30.3 Å². The van der Waals surface area contributed by atoms with Crippen LogP contribution in [0.1, 0.15) is 5.56 Å². The molecule has 0 atom stereocenters. The van der Waals surface area contributed by atoms with E-state index in [0.29, 0.717) is 5.56 Å². The molecule has 0 heterocycles. The Bertz CT molecular complexity index is 648. The summed E-state index contributed by atoms with van der Waals surface area (Å²) >= 11 is 0. The van der Waals surface area contributed by atoms with Crippen molar-refractivity contribution in [3.63, 3.8) is 0 Å². The predicted molar refractivity (Wildman–Crippen MR) is 63.2 cm³/mol. The lowest BCUT2D eigenvalue weighted by molar-refractivity contribution is -0.385. The van der Waals surface area contributed by atoms with E-state index in [9.17, 15) is 14.5 Å². The minimum atomic E-state index is -0.690. The summed E-state index contributed by atoms with van der Waals surface area (Å²) in [6.45, 7) is 0. The molecule has 0 unspecified atom stereocenters. The largest absolute Gasteiger partial charge is 0.287 e. The van der Waals surface area contributed by atoms with Crippen LogP contribution in [-0.2, 0) is 0 Å². The Morgan fingerprint density at radius 1 is 1.22 bits per heavy atom. The van der Waals surface area contributed by atoms with Gasteiger partial charge in [-0.3, -0.25) is 10.1 Å². The van der Waals surface area contributed by atoms with Crippen molar-refractivity contribution in [1.82, 2.24) is 0 Å². The fourth-order valence-corrected chi connectivity index (χ4v) is 1.64. The van der Waals surface area contributed by atoms with Crippen molar-refractivity contribution in [2.45, 2.75) is 0 Å². The van der Waals surface area contributed by atoms with Gasteiger partial charge in [-0.2, -0.15) is 5.26 Å². The Morgan fingerprint density at radius 3 is 2.44 bits per heavy atom. The normalized spacial score (nSPS) is 9.78. The quantitative estimate of drug-likeness (QED) is 0.599. The minimum absolute atomic E-state index is 0.112. The van der Waals surface area contributed by atoms with Crippen LogP contribution in [0.2, 0.25) is 0 Å². The summed E-state index contributed by atoms with van der Waals surface area (Å²) in [6.07, 6.45) is 0. The Morgan fingerprint density at radius 2 is 1.89 bits per heavy atom. The van der Waals surface area contributed by atoms with Crippen molar-refractivity contribution >= 4 is 5.69 Å². The van der Waals surface area contributed by atoms with Crippen LogP contribution in [0.15, 0.2) is 42.5 Å². The maximum absolute atomic E-state index is 13.8. The minimum Gasteiger partial charge on any atom is -0.258 e. The fraction of sp³-hybridized carbons (Fsp3) is 0. The summed E-state index contributed by atoms with van der Waals surface area (Å²) in [7, 11) is 0. The third-order valence-corrected chi connectivity index (χ3v) is 2.49. The second-order valence-corrected chi connectivity index (χ2v) is 3.58. The molecule has 88 valence electrons. The molecule has 0 bridgehead atoms. The molecule has 0 radical (unpaired) electrons. The van der Waals surface area contributed by atoms with Crippen molar-refractivity contribution in [3.05, 3.63) is 64.0 Å². The van der Waals surface area contributed by atoms with Gasteiger partial charge >= 0.3 is 0 Å². The molecule has 0 aliphatic carbocycles. The molecular weight excluding hydrogens is 235 g/mol. The maximum Gasteiger partial charge on any atom is 0.287 e. The molecule has 5 heteroatoms. The van der Waals surface area contributed by atoms with Crippen molar-refractivity contribution < 1.29 is 9.31 Å². The number of benzene rings is 2. The summed E-state index contributed by atoms with van der Waals surface area (Å²) < 4.78 is 13.8. The molecule has 0 saturated heterocycles. The molecule has 0 aromatic heterocycles. The van der Waals surface area contributed by atoms with Gasteiger partial charge in [-0.15, -0.1) is 0 Å². The number of hydrogen-bond acceptors (Lipinski definition) is 3. The zero-order valence-corrected chi connectivity index (χ0v) is 9.13. The number of nitro groups is 1. The molecule has 0 fully saturated rings. The van der Waals surface area contributed by atoms with Gasteiger partial charge in [0.1, 0.15) is 17.4 Å². The molecular formula is C13H7FN2O2. The molecule has 4 nitrogen and oxygen atoms in total. The number of hydrogen-bond donors (Lipinski definition) is 0. The summed E-state index contributed by atoms with van der Waals surface area (Å²) in [4.78, 5) is 10.1. The standard InChI is InChI=1S/C13H7FN2O2/c14-12-6-10(8-15)13(16(17)18)7-11(12)9-4-2-1-3-5-9/h1-7H. The first kappa shape index (κ1) is 11.7. The molecule has 0 N–H and O–H groups in total. The van der Waals surface area contributed by atoms with Gasteiger partial charge in [0, 0.05) is 11.6 Å². The van der Waals surface area contributed by atoms with Gasteiger partial charge in [0.15, 0.2) is 0 Å². The van der Waals surface area contributed by atoms with E-state index in [-0.39, 0.29) is 11.1 Å². The van der Waals surface area contributed by atoms with E-state index in [4.69, 9.17) is 5.26 Å². The van der Waals surface area contributed by atoms with Gasteiger partial charge in [-0.25, -0.2) is 4.39 Å². The Labute approximate surface area is 102 Å². The van der Waals surface area contributed by atoms with Gasteiger partial charge in [0.05, 0.1) is 4.92 Å². The van der Waals surface area contributed by atoms with Crippen molar-refractivity contribution in [3.8, 4) is 17.2 Å². The average molecular weight is 242 g/mol. The molecule has 0 saturated carbocycles. The number of nitro benzene ring substituents is 1. The topological polar surface area (TPSA) is 66.9 Å². The molecule has 0 spiro atoms. The van der Waals surface area contributed by atoms with Crippen LogP contribution in [0.3, 0.4) is 0 Å². The molecule has 0 aliphatic heterocycles. The lowest BCUT2D eigenvalue weighted by atomic mass is 10.0. The Kier molecular flexibility index (Phi) is 3.02. The van der Waals surface area contributed by atoms with E-state index in [1.165, 1.54) is 0 Å². The SMILES string of the molecule is N#Cc1cc(F)c(-c2ccccc2)cc1[N+](=O)[O-]. The third kappa shape index (κ3) is 2.04. The van der Waals surface area contributed by atoms with E-state index in [2.05, 4.69) is 0 Å². The Balaban J connectivity index is 2.67. The van der Waals surface area contributed by atoms with Crippen LogP contribution in [0, 0.1) is 27.3 Å². The highest BCUT2D eigenvalue weighted by molar-refractivity contribution is 5.69. The Hall–Kier alpha value is -2.74. The number of halogens is 1. The summed E-state index contributed by atoms with van der Waals surface area (Å²) in [5.74, 6) is -0.650. The second kappa shape index (κ2) is 4.63. The molecule has 2 rings (SSSR count). The highest BCUT2D eigenvalue weighted by atomic mass is 19.1. The van der Waals surface area contributed by atoms with Crippen molar-refractivity contribution in [2.24, 2.45) is 0 Å². The summed E-state index contributed by atoms with van der Waals surface area (Å²) in [6, 6.07) is 12.1. The van der Waals surface area contributed by atoms with E-state index in [0.717, 1.165) is 12.1 Å². The second-order valence-electron chi connectivity index (χ2n) is 3.58. The smallest absolute Gasteiger partial charge is 0.258 e. The third-order valence-electron chi connectivity index (χ3n) is 2.49. The summed E-state index contributed by atoms with van der Waals surface area (Å²) in [5.41, 5.74) is -0.0289. The predicted octanol–water partition coefficient (Wildman–Crippen LogP) is 3.27. The van der Waals surface area contributed by atoms with Crippen LogP contribution in [0.5, 0.6) is 0 Å². The zero-order valence-electron chi connectivity index (χ0n) is 9.13. The number of nitriles is 1. The lowest BCUT2D eigenvalue weighted by Gasteiger charge is -2.04. The number of nitrogens with zero attached hydrogens (tertiary/aromatic N) is 2. The van der Waals surface area contributed by atoms with Crippen molar-refractivity contribution in [2.75, 3.05) is 0 Å². The molecule has 0 aliphatic rings. The van der Waals surface area contributed by atoms with Gasteiger partial charge < -0.3 is 0 Å². The monoisotopic (exact) mass is 242 g/mol. The van der Waals surface area contributed by atoms with E-state index >= 15 is 0 Å². The average Bonchev–Trinajstić information content (AvgIpc) is 2.39. The first-order valence-corrected chi connectivity index (χ1v) is 5.07. The van der Waals surface area contributed by atoms with Crippen LogP contribution >= 0.6 is 0 Å². The van der Waals surface area contributed by atoms with E-state index in [1.54, 1.807) is 36.4 Å². The molecule has 2 aromatic carbocycles.